The number of esters is 2. The Hall–Kier alpha value is -3.22. The van der Waals surface area contributed by atoms with Crippen molar-refractivity contribution in [1.82, 2.24) is 8.97 Å². The topological polar surface area (TPSA) is 52.6 Å². The van der Waals surface area contributed by atoms with E-state index >= 15 is 0 Å². The van der Waals surface area contributed by atoms with E-state index in [0.717, 1.165) is 78.4 Å². The highest BCUT2D eigenvalue weighted by atomic mass is 16.5. The highest BCUT2D eigenvalue weighted by Gasteiger charge is 2.24. The number of ether oxygens (including phenoxy) is 2. The number of unbranched alkanes of at least 4 members (excludes halogenated alkanes) is 14. The predicted molar refractivity (Wildman–Crippen MR) is 209 cm³/mol. The van der Waals surface area contributed by atoms with Gasteiger partial charge in [-0.15, -0.1) is 13.2 Å². The summed E-state index contributed by atoms with van der Waals surface area (Å²) in [6, 6.07) is 15.8. The van der Waals surface area contributed by atoms with Gasteiger partial charge in [-0.2, -0.15) is 0 Å². The molecule has 0 heterocycles. The van der Waals surface area contributed by atoms with E-state index < -0.39 is 0 Å². The number of carbonyl (C=O) groups is 2. The molecule has 0 aliphatic carbocycles. The van der Waals surface area contributed by atoms with Crippen LogP contribution in [0.25, 0.3) is 0 Å². The van der Waals surface area contributed by atoms with Gasteiger partial charge in [0.1, 0.15) is 11.4 Å². The summed E-state index contributed by atoms with van der Waals surface area (Å²) in [5.74, 6) is -0.479. The lowest BCUT2D eigenvalue weighted by atomic mass is 10.1. The quantitative estimate of drug-likeness (QED) is 0.0390. The van der Waals surface area contributed by atoms with Gasteiger partial charge in [0.15, 0.2) is 0 Å². The Kier molecular flexibility index (Phi) is 20.6. The number of carbonyl (C=O) groups excluding carboxylic acids is 2. The first-order valence-electron chi connectivity index (χ1n) is 19.0. The Morgan fingerprint density at radius 3 is 1.12 bits per heavy atom. The zero-order valence-corrected chi connectivity index (χ0v) is 31.6. The van der Waals surface area contributed by atoms with Crippen molar-refractivity contribution in [2.24, 2.45) is 0 Å². The van der Waals surface area contributed by atoms with Gasteiger partial charge in [-0.3, -0.25) is 8.97 Å². The van der Waals surface area contributed by atoms with Gasteiger partial charge >= 0.3 is 11.9 Å². The SMILES string of the molecule is C=CCCCCCCCCCOC(=O)c1ccc([N+](C)(C)CCC[N+](C)(C)c2ccc(C(=O)OCCCCCCCCCC=C)cc2)cc1. The summed E-state index contributed by atoms with van der Waals surface area (Å²) >= 11 is 0. The van der Waals surface area contributed by atoms with E-state index in [1.165, 1.54) is 64.2 Å². The molecule has 272 valence electrons. The second-order valence-electron chi connectivity index (χ2n) is 14.6. The van der Waals surface area contributed by atoms with E-state index in [9.17, 15) is 9.59 Å². The molecular formula is C43H68N2O4+2. The van der Waals surface area contributed by atoms with Crippen LogP contribution in [0.5, 0.6) is 0 Å². The molecule has 0 fully saturated rings. The van der Waals surface area contributed by atoms with Crippen LogP contribution in [0.2, 0.25) is 0 Å². The van der Waals surface area contributed by atoms with Gasteiger partial charge in [-0.1, -0.05) is 76.4 Å². The molecule has 0 spiro atoms. The summed E-state index contributed by atoms with van der Waals surface area (Å²) in [5.41, 5.74) is 3.54. The largest absolute Gasteiger partial charge is 0.462 e. The number of benzene rings is 2. The number of nitrogens with zero attached hydrogens (tertiary/aromatic N) is 2. The third-order valence-electron chi connectivity index (χ3n) is 9.61. The Morgan fingerprint density at radius 2 is 0.796 bits per heavy atom. The molecular weight excluding hydrogens is 608 g/mol. The van der Waals surface area contributed by atoms with Crippen molar-refractivity contribution in [3.8, 4) is 0 Å². The maximum atomic E-state index is 12.6. The van der Waals surface area contributed by atoms with Gasteiger partial charge in [0.05, 0.1) is 65.6 Å². The summed E-state index contributed by atoms with van der Waals surface area (Å²) in [6.07, 6.45) is 23.7. The molecule has 0 unspecified atom stereocenters. The smallest absolute Gasteiger partial charge is 0.338 e. The molecule has 0 radical (unpaired) electrons. The van der Waals surface area contributed by atoms with Crippen LogP contribution < -0.4 is 8.97 Å². The average Bonchev–Trinajstić information content (AvgIpc) is 3.09. The van der Waals surface area contributed by atoms with Crippen molar-refractivity contribution in [1.29, 1.82) is 0 Å². The first-order chi connectivity index (χ1) is 23.6. The van der Waals surface area contributed by atoms with Crippen LogP contribution in [0, 0.1) is 0 Å². The van der Waals surface area contributed by atoms with E-state index in [2.05, 4.69) is 41.3 Å². The maximum Gasteiger partial charge on any atom is 0.338 e. The lowest BCUT2D eigenvalue weighted by Crippen LogP contribution is -2.46. The molecule has 0 aromatic heterocycles. The van der Waals surface area contributed by atoms with Crippen LogP contribution in [-0.2, 0) is 9.47 Å². The van der Waals surface area contributed by atoms with E-state index in [1.807, 2.05) is 60.7 Å². The Bertz CT molecular complexity index is 1120. The van der Waals surface area contributed by atoms with Gasteiger partial charge in [-0.05, 0) is 87.1 Å². The van der Waals surface area contributed by atoms with E-state index in [-0.39, 0.29) is 11.9 Å². The van der Waals surface area contributed by atoms with Crippen LogP contribution in [-0.4, -0.2) is 66.4 Å². The number of allylic oxidation sites excluding steroid dienone is 2. The molecule has 6 nitrogen and oxygen atoms in total. The molecule has 49 heavy (non-hydrogen) atoms. The first-order valence-corrected chi connectivity index (χ1v) is 19.0. The summed E-state index contributed by atoms with van der Waals surface area (Å²) in [6.45, 7) is 10.4. The summed E-state index contributed by atoms with van der Waals surface area (Å²) < 4.78 is 12.5. The molecule has 2 rings (SSSR count). The summed E-state index contributed by atoms with van der Waals surface area (Å²) in [4.78, 5) is 25.1. The van der Waals surface area contributed by atoms with Crippen molar-refractivity contribution in [2.75, 3.05) is 54.5 Å². The lowest BCUT2D eigenvalue weighted by molar-refractivity contribution is 0.0488. The van der Waals surface area contributed by atoms with Gasteiger partial charge in [-0.25, -0.2) is 9.59 Å². The average molecular weight is 677 g/mol. The second kappa shape index (κ2) is 24.0. The van der Waals surface area contributed by atoms with Crippen LogP contribution in [0.4, 0.5) is 11.4 Å². The fourth-order valence-electron chi connectivity index (χ4n) is 6.17. The Labute approximate surface area is 299 Å². The van der Waals surface area contributed by atoms with Crippen molar-refractivity contribution >= 4 is 23.3 Å². The van der Waals surface area contributed by atoms with Crippen molar-refractivity contribution in [3.63, 3.8) is 0 Å². The number of hydrogen-bond donors (Lipinski definition) is 0. The minimum absolute atomic E-state index is 0.240. The zero-order chi connectivity index (χ0) is 35.8. The van der Waals surface area contributed by atoms with Crippen LogP contribution in [0.3, 0.4) is 0 Å². The monoisotopic (exact) mass is 677 g/mol. The van der Waals surface area contributed by atoms with Gasteiger partial charge in [0.25, 0.3) is 0 Å². The number of hydrogen-bond acceptors (Lipinski definition) is 4. The minimum Gasteiger partial charge on any atom is -0.462 e. The van der Waals surface area contributed by atoms with Gasteiger partial charge < -0.3 is 9.47 Å². The maximum absolute atomic E-state index is 12.6. The Morgan fingerprint density at radius 1 is 0.490 bits per heavy atom. The van der Waals surface area contributed by atoms with Crippen molar-refractivity contribution in [2.45, 2.75) is 109 Å². The van der Waals surface area contributed by atoms with E-state index in [4.69, 9.17) is 9.47 Å². The fourth-order valence-corrected chi connectivity index (χ4v) is 6.17. The third-order valence-corrected chi connectivity index (χ3v) is 9.61. The van der Waals surface area contributed by atoms with Crippen molar-refractivity contribution in [3.05, 3.63) is 85.0 Å². The lowest BCUT2D eigenvalue weighted by Gasteiger charge is -2.33. The van der Waals surface area contributed by atoms with Crippen LogP contribution in [0.15, 0.2) is 73.8 Å². The van der Waals surface area contributed by atoms with Crippen LogP contribution >= 0.6 is 0 Å². The Balaban J connectivity index is 1.68. The standard InChI is InChI=1S/C43H68N2O4/c1-7-9-11-13-15-17-19-21-23-36-48-42(46)38-26-30-40(31-27-38)44(3,4)34-25-35-45(5,6)41-32-28-39(29-33-41)43(47)49-37-24-22-20-18-16-14-12-10-8-2/h7-8,26-33H,1-2,9-25,34-37H2,3-6H3/q+2. The molecule has 2 aromatic carbocycles. The molecule has 0 aliphatic heterocycles. The molecule has 0 N–H and O–H groups in total. The van der Waals surface area contributed by atoms with E-state index in [1.54, 1.807) is 0 Å². The fraction of sp³-hybridized carbons (Fsp3) is 0.581. The molecule has 0 aliphatic rings. The molecule has 2 aromatic rings. The van der Waals surface area contributed by atoms with E-state index in [0.29, 0.717) is 24.3 Å². The molecule has 6 heteroatoms. The highest BCUT2D eigenvalue weighted by molar-refractivity contribution is 5.90. The van der Waals surface area contributed by atoms with Crippen LogP contribution in [0.1, 0.15) is 130 Å². The summed E-state index contributed by atoms with van der Waals surface area (Å²) in [5, 5.41) is 0. The normalized spacial score (nSPS) is 11.7. The number of rotatable bonds is 28. The molecule has 0 saturated heterocycles. The van der Waals surface area contributed by atoms with Crippen molar-refractivity contribution < 1.29 is 19.1 Å². The third kappa shape index (κ3) is 17.3. The van der Waals surface area contributed by atoms with Gasteiger partial charge in [0, 0.05) is 6.42 Å². The predicted octanol–water partition coefficient (Wildman–Crippen LogP) is 10.8. The molecule has 0 amide bonds. The summed E-state index contributed by atoms with van der Waals surface area (Å²) in [7, 11) is 8.83. The minimum atomic E-state index is -0.240. The highest BCUT2D eigenvalue weighted by Crippen LogP contribution is 2.24. The molecule has 0 bridgehead atoms. The molecule has 0 saturated carbocycles. The second-order valence-corrected chi connectivity index (χ2v) is 14.6. The number of quaternary nitrogens is 2. The zero-order valence-electron chi connectivity index (χ0n) is 31.6. The van der Waals surface area contributed by atoms with Gasteiger partial charge in [0.2, 0.25) is 0 Å². The first kappa shape index (κ1) is 41.9. The molecule has 0 atom stereocenters.